The first-order valence-corrected chi connectivity index (χ1v) is 24.1. The highest BCUT2D eigenvalue weighted by Crippen LogP contribution is 2.38. The Balaban J connectivity index is 1.01. The summed E-state index contributed by atoms with van der Waals surface area (Å²) in [7, 11) is -2.69. The Labute approximate surface area is 376 Å². The Kier molecular flexibility index (Phi) is 10.3. The lowest BCUT2D eigenvalue weighted by Crippen LogP contribution is -2.74. The highest BCUT2D eigenvalue weighted by atomic mass is 28.3. The molecule has 0 spiro atoms. The van der Waals surface area contributed by atoms with Gasteiger partial charge in [-0.25, -0.2) is 0 Å². The average Bonchev–Trinajstić information content (AvgIpc) is 3.38. The van der Waals surface area contributed by atoms with E-state index in [1.165, 1.54) is 75.7 Å². The van der Waals surface area contributed by atoms with E-state index in [1.54, 1.807) is 0 Å². The van der Waals surface area contributed by atoms with Gasteiger partial charge < -0.3 is 4.90 Å². The van der Waals surface area contributed by atoms with Crippen LogP contribution >= 0.6 is 0 Å². The maximum Gasteiger partial charge on any atom is 0.179 e. The summed E-state index contributed by atoms with van der Waals surface area (Å²) < 4.78 is 0. The van der Waals surface area contributed by atoms with E-state index >= 15 is 0 Å². The molecule has 0 aliphatic carbocycles. The van der Waals surface area contributed by atoms with E-state index in [-0.39, 0.29) is 0 Å². The van der Waals surface area contributed by atoms with E-state index < -0.39 is 8.07 Å². The van der Waals surface area contributed by atoms with Crippen LogP contribution in [0.5, 0.6) is 0 Å². The van der Waals surface area contributed by atoms with E-state index in [1.807, 2.05) is 0 Å². The quantitative estimate of drug-likeness (QED) is 0.0980. The summed E-state index contributed by atoms with van der Waals surface area (Å²) >= 11 is 0. The van der Waals surface area contributed by atoms with E-state index in [4.69, 9.17) is 0 Å². The van der Waals surface area contributed by atoms with Crippen molar-refractivity contribution in [2.45, 2.75) is 0 Å². The predicted molar refractivity (Wildman–Crippen MR) is 276 cm³/mol. The highest BCUT2D eigenvalue weighted by molar-refractivity contribution is 7.19. The minimum atomic E-state index is -2.69. The Bertz CT molecular complexity index is 3230. The third kappa shape index (κ3) is 7.20. The lowest BCUT2D eigenvalue weighted by Gasteiger charge is -2.35. The van der Waals surface area contributed by atoms with Gasteiger partial charge in [0.15, 0.2) is 8.07 Å². The maximum atomic E-state index is 2.39. The zero-order valence-electron chi connectivity index (χ0n) is 35.4. The first-order valence-electron chi connectivity index (χ1n) is 22.1. The van der Waals surface area contributed by atoms with Crippen LogP contribution in [0.25, 0.3) is 54.9 Å². The van der Waals surface area contributed by atoms with Gasteiger partial charge in [0.2, 0.25) is 0 Å². The van der Waals surface area contributed by atoms with E-state index in [9.17, 15) is 0 Å². The Morgan fingerprint density at radius 3 is 1.16 bits per heavy atom. The molecule has 0 aliphatic rings. The Hall–Kier alpha value is -8.04. The molecule has 0 bridgehead atoms. The molecule has 0 aromatic heterocycles. The molecule has 0 aliphatic heterocycles. The van der Waals surface area contributed by atoms with Crippen molar-refractivity contribution in [2.24, 2.45) is 0 Å². The topological polar surface area (TPSA) is 3.24 Å². The van der Waals surface area contributed by atoms with E-state index in [2.05, 4.69) is 278 Å². The number of rotatable bonds is 10. The van der Waals surface area contributed by atoms with Gasteiger partial charge in [-0.2, -0.15) is 0 Å². The molecule has 0 N–H and O–H groups in total. The third-order valence-electron chi connectivity index (χ3n) is 12.8. The standard InChI is InChI=1S/C62H45NSi/c1-5-17-49(18-6-1)61-27-15-20-53-45-52(34-43-62(53)61)48-32-37-55(38-33-48)63(54-35-30-47(31-36-54)51-29-28-46-16-13-14-19-50(46)44-51)56-39-41-60(42-40-56)64(57-21-7-2-8-22-57,58-23-9-3-10-24-58)59-25-11-4-12-26-59/h1-45H. The Morgan fingerprint density at radius 2 is 0.625 bits per heavy atom. The summed E-state index contributed by atoms with van der Waals surface area (Å²) in [5.74, 6) is 0. The van der Waals surface area contributed by atoms with Crippen LogP contribution < -0.4 is 25.6 Å². The molecule has 0 unspecified atom stereocenters. The number of anilines is 3. The molecular weight excluding hydrogens is 787 g/mol. The van der Waals surface area contributed by atoms with Crippen LogP contribution in [0.4, 0.5) is 17.1 Å². The van der Waals surface area contributed by atoms with Crippen LogP contribution in [0.15, 0.2) is 273 Å². The second kappa shape index (κ2) is 17.0. The second-order valence-electron chi connectivity index (χ2n) is 16.5. The van der Waals surface area contributed by atoms with Gasteiger partial charge in [0, 0.05) is 17.1 Å². The van der Waals surface area contributed by atoms with Crippen LogP contribution in [0.2, 0.25) is 0 Å². The van der Waals surface area contributed by atoms with Crippen molar-refractivity contribution in [3.05, 3.63) is 273 Å². The maximum absolute atomic E-state index is 2.69. The van der Waals surface area contributed by atoms with Gasteiger partial charge in [0.25, 0.3) is 0 Å². The molecule has 0 radical (unpaired) electrons. The molecule has 302 valence electrons. The zero-order valence-corrected chi connectivity index (χ0v) is 36.4. The van der Waals surface area contributed by atoms with Crippen LogP contribution in [0.3, 0.4) is 0 Å². The Morgan fingerprint density at radius 1 is 0.234 bits per heavy atom. The number of fused-ring (bicyclic) bond motifs is 2. The third-order valence-corrected chi connectivity index (χ3v) is 17.6. The fourth-order valence-corrected chi connectivity index (χ4v) is 14.4. The summed E-state index contributed by atoms with van der Waals surface area (Å²) in [5.41, 5.74) is 10.6. The molecule has 0 heterocycles. The van der Waals surface area contributed by atoms with Gasteiger partial charge in [0.05, 0.1) is 0 Å². The lowest BCUT2D eigenvalue weighted by atomic mass is 9.95. The smallest absolute Gasteiger partial charge is 0.179 e. The van der Waals surface area contributed by atoms with Crippen LogP contribution in [0, 0.1) is 0 Å². The van der Waals surface area contributed by atoms with Crippen molar-refractivity contribution >= 4 is 67.4 Å². The number of benzene rings is 11. The first kappa shape index (κ1) is 38.8. The van der Waals surface area contributed by atoms with Crippen LogP contribution in [-0.2, 0) is 0 Å². The average molecular weight is 832 g/mol. The van der Waals surface area contributed by atoms with Crippen molar-refractivity contribution in [2.75, 3.05) is 4.90 Å². The largest absolute Gasteiger partial charge is 0.311 e. The molecule has 0 atom stereocenters. The zero-order chi connectivity index (χ0) is 42.7. The molecule has 11 aromatic carbocycles. The monoisotopic (exact) mass is 831 g/mol. The minimum Gasteiger partial charge on any atom is -0.311 e. The van der Waals surface area contributed by atoms with Crippen molar-refractivity contribution in [1.29, 1.82) is 0 Å². The SMILES string of the molecule is c1ccc(-c2cccc3cc(-c4ccc(N(c5ccc(-c6ccc7ccccc7c6)cc5)c5ccc([Si](c6ccccc6)(c6ccccc6)c6ccccc6)cc5)cc4)ccc23)cc1. The summed E-state index contributed by atoms with van der Waals surface area (Å²) in [6.45, 7) is 0. The predicted octanol–water partition coefficient (Wildman–Crippen LogP) is 13.8. The van der Waals surface area contributed by atoms with Gasteiger partial charge >= 0.3 is 0 Å². The van der Waals surface area contributed by atoms with Gasteiger partial charge in [-0.1, -0.05) is 224 Å². The first-order chi connectivity index (χ1) is 31.7. The number of nitrogens with zero attached hydrogens (tertiary/aromatic N) is 1. The molecular formula is C62H45NSi. The molecule has 0 amide bonds. The summed E-state index contributed by atoms with van der Waals surface area (Å²) in [4.78, 5) is 2.39. The van der Waals surface area contributed by atoms with Crippen LogP contribution in [-0.4, -0.2) is 8.07 Å². The summed E-state index contributed by atoms with van der Waals surface area (Å²) in [6.07, 6.45) is 0. The number of hydrogen-bond acceptors (Lipinski definition) is 1. The molecule has 0 saturated carbocycles. The minimum absolute atomic E-state index is 1.10. The van der Waals surface area contributed by atoms with Crippen molar-refractivity contribution in [1.82, 2.24) is 0 Å². The fourth-order valence-electron chi connectivity index (χ4n) is 9.68. The molecule has 0 saturated heterocycles. The van der Waals surface area contributed by atoms with Gasteiger partial charge in [-0.05, 0) is 124 Å². The molecule has 11 aromatic rings. The normalized spacial score (nSPS) is 11.4. The van der Waals surface area contributed by atoms with Crippen molar-refractivity contribution < 1.29 is 0 Å². The molecule has 1 nitrogen and oxygen atoms in total. The summed E-state index contributed by atoms with van der Waals surface area (Å²) in [5, 5.41) is 10.4. The second-order valence-corrected chi connectivity index (χ2v) is 20.3. The number of hydrogen-bond donors (Lipinski definition) is 0. The molecule has 11 rings (SSSR count). The van der Waals surface area contributed by atoms with E-state index in [0.717, 1.165) is 17.1 Å². The highest BCUT2D eigenvalue weighted by Gasteiger charge is 2.41. The summed E-state index contributed by atoms with van der Waals surface area (Å²) in [6, 6.07) is 100. The van der Waals surface area contributed by atoms with Crippen LogP contribution in [0.1, 0.15) is 0 Å². The van der Waals surface area contributed by atoms with Gasteiger partial charge in [0.1, 0.15) is 0 Å². The lowest BCUT2D eigenvalue weighted by molar-refractivity contribution is 1.28. The molecule has 0 fully saturated rings. The van der Waals surface area contributed by atoms with Crippen molar-refractivity contribution in [3.63, 3.8) is 0 Å². The van der Waals surface area contributed by atoms with Crippen molar-refractivity contribution in [3.8, 4) is 33.4 Å². The van der Waals surface area contributed by atoms with Gasteiger partial charge in [-0.15, -0.1) is 0 Å². The molecule has 2 heteroatoms. The van der Waals surface area contributed by atoms with Gasteiger partial charge in [-0.3, -0.25) is 0 Å². The fraction of sp³-hybridized carbons (Fsp3) is 0. The molecule has 64 heavy (non-hydrogen) atoms. The van der Waals surface area contributed by atoms with E-state index in [0.29, 0.717) is 0 Å².